The van der Waals surface area contributed by atoms with E-state index in [9.17, 15) is 17.8 Å². The van der Waals surface area contributed by atoms with Crippen LogP contribution in [0.2, 0.25) is 0 Å². The van der Waals surface area contributed by atoms with Crippen LogP contribution in [0.5, 0.6) is 0 Å². The highest BCUT2D eigenvalue weighted by atomic mass is 32.2. The number of nitrogens with one attached hydrogen (secondary N) is 1. The first-order valence-corrected chi connectivity index (χ1v) is 10.3. The lowest BCUT2D eigenvalue weighted by Gasteiger charge is -2.43. The molecule has 22 heavy (non-hydrogen) atoms. The lowest BCUT2D eigenvalue weighted by atomic mass is 9.71. The molecule has 130 valence electrons. The van der Waals surface area contributed by atoms with Crippen LogP contribution in [0.15, 0.2) is 0 Å². The van der Waals surface area contributed by atoms with Gasteiger partial charge in [0, 0.05) is 5.54 Å². The molecule has 1 atom stereocenters. The molecule has 0 spiro atoms. The van der Waals surface area contributed by atoms with E-state index in [-0.39, 0.29) is 17.7 Å². The van der Waals surface area contributed by atoms with E-state index in [4.69, 9.17) is 0 Å². The van der Waals surface area contributed by atoms with E-state index in [1.54, 1.807) is 0 Å². The van der Waals surface area contributed by atoms with E-state index < -0.39 is 21.3 Å². The molecule has 1 aliphatic carbocycles. The second kappa shape index (κ2) is 8.55. The molecule has 1 fully saturated rings. The van der Waals surface area contributed by atoms with Gasteiger partial charge < -0.3 is 5.32 Å². The van der Waals surface area contributed by atoms with Gasteiger partial charge in [-0.2, -0.15) is 21.0 Å². The third kappa shape index (κ3) is 4.86. The Morgan fingerprint density at radius 1 is 1.27 bits per heavy atom. The van der Waals surface area contributed by atoms with Crippen molar-refractivity contribution in [3.8, 4) is 0 Å². The number of rotatable bonds is 8. The average Bonchev–Trinajstić information content (AvgIpc) is 2.50. The Labute approximate surface area is 139 Å². The van der Waals surface area contributed by atoms with Crippen molar-refractivity contribution in [1.29, 1.82) is 0 Å². The van der Waals surface area contributed by atoms with Gasteiger partial charge in [0.1, 0.15) is 0 Å². The van der Waals surface area contributed by atoms with E-state index in [2.05, 4.69) is 17.9 Å². The summed E-state index contributed by atoms with van der Waals surface area (Å²) >= 11 is 3.99. The normalized spacial score (nSPS) is 18.9. The Hall–Kier alpha value is -0.270. The molecule has 0 saturated heterocycles. The number of thiol groups is 1. The summed E-state index contributed by atoms with van der Waals surface area (Å²) in [5, 5.41) is 1.55. The van der Waals surface area contributed by atoms with E-state index in [0.29, 0.717) is 5.92 Å². The fourth-order valence-corrected chi connectivity index (χ4v) is 4.80. The molecule has 1 unspecified atom stereocenters. The summed E-state index contributed by atoms with van der Waals surface area (Å²) in [5.41, 5.74) is -0.378. The van der Waals surface area contributed by atoms with Crippen molar-refractivity contribution in [2.75, 3.05) is 5.75 Å². The predicted octanol–water partition coefficient (Wildman–Crippen LogP) is 2.82. The van der Waals surface area contributed by atoms with Crippen molar-refractivity contribution in [3.63, 3.8) is 0 Å². The fraction of sp³-hybridized carbons (Fsp3) is 0.933. The molecule has 1 rings (SSSR count). The topological polar surface area (TPSA) is 83.5 Å². The predicted molar refractivity (Wildman–Crippen MR) is 91.8 cm³/mol. The summed E-state index contributed by atoms with van der Waals surface area (Å²) in [6.07, 6.45) is 7.19. The summed E-state index contributed by atoms with van der Waals surface area (Å²) in [5.74, 6) is 0.0103. The van der Waals surface area contributed by atoms with Gasteiger partial charge in [0.05, 0.1) is 0 Å². The summed E-state index contributed by atoms with van der Waals surface area (Å²) < 4.78 is 32.2. The highest BCUT2D eigenvalue weighted by Gasteiger charge is 2.41. The maximum Gasteiger partial charge on any atom is 0.276 e. The van der Waals surface area contributed by atoms with Gasteiger partial charge in [-0.05, 0) is 43.8 Å². The first-order valence-electron chi connectivity index (χ1n) is 8.20. The molecular formula is C15H29NO4S2. The Balaban J connectivity index is 2.95. The molecule has 0 heterocycles. The minimum absolute atomic E-state index is 0.0158. The van der Waals surface area contributed by atoms with Gasteiger partial charge >= 0.3 is 0 Å². The monoisotopic (exact) mass is 351 g/mol. The summed E-state index contributed by atoms with van der Waals surface area (Å²) in [7, 11) is -4.41. The smallest absolute Gasteiger partial charge is 0.276 e. The Morgan fingerprint density at radius 3 is 2.23 bits per heavy atom. The van der Waals surface area contributed by atoms with Crippen LogP contribution in [0.4, 0.5) is 0 Å². The molecule has 0 bridgehead atoms. The molecule has 2 N–H and O–H groups in total. The van der Waals surface area contributed by atoms with Gasteiger partial charge in [-0.25, -0.2) is 0 Å². The Morgan fingerprint density at radius 2 is 1.82 bits per heavy atom. The lowest BCUT2D eigenvalue weighted by Crippen LogP contribution is -2.57. The number of hydrogen-bond donors (Lipinski definition) is 3. The summed E-state index contributed by atoms with van der Waals surface area (Å²) in [6, 6.07) is 0. The van der Waals surface area contributed by atoms with Crippen molar-refractivity contribution in [1.82, 2.24) is 5.32 Å². The standard InChI is InChI=1S/C15H29NO4S2/c1-3-15(4-2,12-8-6-5-7-9-12)16-14(17)13(10-11-21)22(18,19)20/h12-13,21H,3-11H2,1-2H3,(H,16,17)(H,18,19,20). The zero-order chi connectivity index (χ0) is 16.8. The van der Waals surface area contributed by atoms with E-state index >= 15 is 0 Å². The van der Waals surface area contributed by atoms with Crippen molar-refractivity contribution in [3.05, 3.63) is 0 Å². The second-order valence-corrected chi connectivity index (χ2v) is 8.25. The first-order chi connectivity index (χ1) is 10.3. The van der Waals surface area contributed by atoms with Gasteiger partial charge in [0.15, 0.2) is 5.25 Å². The van der Waals surface area contributed by atoms with Crippen LogP contribution in [0.3, 0.4) is 0 Å². The zero-order valence-electron chi connectivity index (χ0n) is 13.5. The summed E-state index contributed by atoms with van der Waals surface area (Å²) in [4.78, 5) is 12.5. The van der Waals surface area contributed by atoms with Crippen LogP contribution in [0.1, 0.15) is 65.2 Å². The van der Waals surface area contributed by atoms with E-state index in [1.807, 2.05) is 13.8 Å². The zero-order valence-corrected chi connectivity index (χ0v) is 15.3. The second-order valence-electron chi connectivity index (χ2n) is 6.20. The van der Waals surface area contributed by atoms with Gasteiger partial charge in [0.2, 0.25) is 5.91 Å². The van der Waals surface area contributed by atoms with Gasteiger partial charge in [-0.15, -0.1) is 0 Å². The van der Waals surface area contributed by atoms with Crippen molar-refractivity contribution < 1.29 is 17.8 Å². The van der Waals surface area contributed by atoms with Crippen molar-refractivity contribution >= 4 is 28.7 Å². The molecular weight excluding hydrogens is 322 g/mol. The summed E-state index contributed by atoms with van der Waals surface area (Å²) in [6.45, 7) is 4.05. The first kappa shape index (κ1) is 19.8. The molecule has 5 nitrogen and oxygen atoms in total. The van der Waals surface area contributed by atoms with Gasteiger partial charge in [-0.3, -0.25) is 9.35 Å². The largest absolute Gasteiger partial charge is 0.349 e. The molecule has 0 aromatic carbocycles. The van der Waals surface area contributed by atoms with Crippen LogP contribution < -0.4 is 5.32 Å². The fourth-order valence-electron chi connectivity index (χ4n) is 3.62. The van der Waals surface area contributed by atoms with Crippen LogP contribution >= 0.6 is 12.6 Å². The highest BCUT2D eigenvalue weighted by molar-refractivity contribution is 7.87. The molecule has 1 saturated carbocycles. The molecule has 7 heteroatoms. The SMILES string of the molecule is CCC(CC)(NC(=O)C(CCS)S(=O)(=O)O)C1CCCCC1. The van der Waals surface area contributed by atoms with Crippen LogP contribution in [-0.2, 0) is 14.9 Å². The number of carbonyl (C=O) groups excluding carboxylic acids is 1. The van der Waals surface area contributed by atoms with E-state index in [0.717, 1.165) is 38.5 Å². The molecule has 0 radical (unpaired) electrons. The minimum Gasteiger partial charge on any atom is -0.349 e. The van der Waals surface area contributed by atoms with Crippen LogP contribution in [0, 0.1) is 5.92 Å². The number of amides is 1. The van der Waals surface area contributed by atoms with Gasteiger partial charge in [0.25, 0.3) is 10.1 Å². The minimum atomic E-state index is -4.41. The van der Waals surface area contributed by atoms with Crippen LogP contribution in [0.25, 0.3) is 0 Å². The maximum atomic E-state index is 12.5. The van der Waals surface area contributed by atoms with E-state index in [1.165, 1.54) is 6.42 Å². The average molecular weight is 352 g/mol. The quantitative estimate of drug-likeness (QED) is 0.464. The lowest BCUT2D eigenvalue weighted by molar-refractivity contribution is -0.123. The molecule has 0 aromatic rings. The Kier molecular flexibility index (Phi) is 7.68. The number of hydrogen-bond acceptors (Lipinski definition) is 4. The third-order valence-electron chi connectivity index (χ3n) is 5.06. The van der Waals surface area contributed by atoms with Gasteiger partial charge in [-0.1, -0.05) is 33.1 Å². The molecule has 0 aromatic heterocycles. The van der Waals surface area contributed by atoms with Crippen molar-refractivity contribution in [2.24, 2.45) is 5.92 Å². The third-order valence-corrected chi connectivity index (χ3v) is 6.49. The van der Waals surface area contributed by atoms with Crippen molar-refractivity contribution in [2.45, 2.75) is 76.0 Å². The number of carbonyl (C=O) groups is 1. The highest BCUT2D eigenvalue weighted by Crippen LogP contribution is 2.37. The molecule has 1 aliphatic rings. The molecule has 1 amide bonds. The Bertz CT molecular complexity index is 454. The maximum absolute atomic E-state index is 12.5. The molecule has 0 aliphatic heterocycles. The van der Waals surface area contributed by atoms with Crippen LogP contribution in [-0.4, -0.2) is 35.4 Å².